The van der Waals surface area contributed by atoms with E-state index >= 15 is 0 Å². The van der Waals surface area contributed by atoms with Crippen molar-refractivity contribution in [3.63, 3.8) is 0 Å². The number of ether oxygens (including phenoxy) is 1. The predicted octanol–water partition coefficient (Wildman–Crippen LogP) is 3.85. The van der Waals surface area contributed by atoms with Crippen LogP contribution in [0, 0.1) is 25.7 Å². The second kappa shape index (κ2) is 8.57. The molecule has 0 heterocycles. The normalized spacial score (nSPS) is 25.2. The number of rotatable bonds is 7. The second-order valence-electron chi connectivity index (χ2n) is 7.28. The summed E-state index contributed by atoms with van der Waals surface area (Å²) in [6, 6.07) is 7.27. The van der Waals surface area contributed by atoms with Gasteiger partial charge in [-0.1, -0.05) is 31.5 Å². The summed E-state index contributed by atoms with van der Waals surface area (Å²) in [5.41, 5.74) is 2.55. The molecule has 0 unspecified atom stereocenters. The van der Waals surface area contributed by atoms with Crippen molar-refractivity contribution in [3.05, 3.63) is 29.3 Å². The number of unbranched alkanes of at least 4 members (excludes halogenated alkanes) is 1. The van der Waals surface area contributed by atoms with Gasteiger partial charge in [-0.05, 0) is 63.5 Å². The van der Waals surface area contributed by atoms with Crippen molar-refractivity contribution in [1.29, 1.82) is 0 Å². The first kappa shape index (κ1) is 17.3. The molecule has 3 atom stereocenters. The summed E-state index contributed by atoms with van der Waals surface area (Å²) in [4.78, 5) is 0. The average molecular weight is 304 g/mol. The fourth-order valence-electron chi connectivity index (χ4n) is 3.68. The zero-order valence-corrected chi connectivity index (χ0v) is 14.9. The maximum Gasteiger partial charge on any atom is 0.122 e. The molecule has 2 heteroatoms. The quantitative estimate of drug-likeness (QED) is 0.761. The molecule has 1 saturated carbocycles. The molecule has 2 rings (SSSR count). The lowest BCUT2D eigenvalue weighted by molar-refractivity contribution is -0.699. The lowest BCUT2D eigenvalue weighted by atomic mass is 9.78. The Bertz CT molecular complexity index is 457. The Morgan fingerprint density at radius 1 is 1.14 bits per heavy atom. The van der Waals surface area contributed by atoms with Crippen molar-refractivity contribution in [2.24, 2.45) is 11.8 Å². The van der Waals surface area contributed by atoms with Crippen LogP contribution in [0.4, 0.5) is 0 Å². The summed E-state index contributed by atoms with van der Waals surface area (Å²) >= 11 is 0. The van der Waals surface area contributed by atoms with Gasteiger partial charge in [0, 0.05) is 5.92 Å². The molecular weight excluding hydrogens is 270 g/mol. The van der Waals surface area contributed by atoms with E-state index in [1.54, 1.807) is 0 Å². The molecule has 22 heavy (non-hydrogen) atoms. The first-order valence-corrected chi connectivity index (χ1v) is 9.11. The first-order chi connectivity index (χ1) is 10.6. The summed E-state index contributed by atoms with van der Waals surface area (Å²) < 4.78 is 5.91. The van der Waals surface area contributed by atoms with E-state index in [1.807, 2.05) is 0 Å². The van der Waals surface area contributed by atoms with Gasteiger partial charge in [0.25, 0.3) is 0 Å². The monoisotopic (exact) mass is 304 g/mol. The summed E-state index contributed by atoms with van der Waals surface area (Å²) in [6.45, 7) is 11.2. The first-order valence-electron chi connectivity index (χ1n) is 9.11. The summed E-state index contributed by atoms with van der Waals surface area (Å²) in [7, 11) is 0. The largest absolute Gasteiger partial charge is 0.493 e. The molecular formula is C20H34NO+. The predicted molar refractivity (Wildman–Crippen MR) is 93.4 cm³/mol. The third-order valence-electron chi connectivity index (χ3n) is 5.43. The Hall–Kier alpha value is -1.02. The van der Waals surface area contributed by atoms with E-state index in [4.69, 9.17) is 4.74 Å². The zero-order chi connectivity index (χ0) is 15.9. The van der Waals surface area contributed by atoms with Crippen LogP contribution in [0.25, 0.3) is 0 Å². The molecule has 1 fully saturated rings. The third kappa shape index (κ3) is 5.01. The van der Waals surface area contributed by atoms with Crippen molar-refractivity contribution in [2.45, 2.75) is 65.8 Å². The zero-order valence-electron chi connectivity index (χ0n) is 14.9. The molecule has 2 nitrogen and oxygen atoms in total. The fraction of sp³-hybridized carbons (Fsp3) is 0.700. The standard InChI is InChI=1S/C20H33NO/c1-15-10-11-20(17(3)14-15)22-13-6-5-12-21-19-9-7-8-16(2)18(19)4/h10-11,14,16,18-19,21H,5-9,12-13H2,1-4H3/p+1/t16-,18-,19+/m0/s1. The van der Waals surface area contributed by atoms with Gasteiger partial charge >= 0.3 is 0 Å². The Labute approximate surface area is 136 Å². The molecule has 1 aliphatic rings. The van der Waals surface area contributed by atoms with Gasteiger partial charge in [0.05, 0.1) is 19.2 Å². The topological polar surface area (TPSA) is 25.8 Å². The van der Waals surface area contributed by atoms with E-state index in [2.05, 4.69) is 51.2 Å². The van der Waals surface area contributed by atoms with Gasteiger partial charge in [-0.3, -0.25) is 0 Å². The number of quaternary nitrogens is 1. The molecule has 0 saturated heterocycles. The van der Waals surface area contributed by atoms with Crippen molar-refractivity contribution < 1.29 is 10.1 Å². The number of nitrogens with two attached hydrogens (primary N) is 1. The van der Waals surface area contributed by atoms with E-state index in [0.29, 0.717) is 0 Å². The highest BCUT2D eigenvalue weighted by Crippen LogP contribution is 2.27. The molecule has 124 valence electrons. The Kier molecular flexibility index (Phi) is 6.75. The number of hydrogen-bond acceptors (Lipinski definition) is 1. The molecule has 0 amide bonds. The minimum absolute atomic E-state index is 0.842. The van der Waals surface area contributed by atoms with Crippen LogP contribution in [0.5, 0.6) is 5.75 Å². The SMILES string of the molecule is Cc1ccc(OCCCC[NH2+][C@@H]2CCC[C@H](C)[C@@H]2C)c(C)c1. The lowest BCUT2D eigenvalue weighted by Crippen LogP contribution is -2.92. The van der Waals surface area contributed by atoms with E-state index in [1.165, 1.54) is 43.4 Å². The fourth-order valence-corrected chi connectivity index (χ4v) is 3.68. The molecule has 1 aliphatic carbocycles. The smallest absolute Gasteiger partial charge is 0.122 e. The van der Waals surface area contributed by atoms with Crippen molar-refractivity contribution in [2.75, 3.05) is 13.2 Å². The van der Waals surface area contributed by atoms with E-state index in [0.717, 1.165) is 36.7 Å². The molecule has 1 aromatic carbocycles. The minimum Gasteiger partial charge on any atom is -0.493 e. The highest BCUT2D eigenvalue weighted by Gasteiger charge is 2.29. The third-order valence-corrected chi connectivity index (χ3v) is 5.43. The van der Waals surface area contributed by atoms with Crippen molar-refractivity contribution in [1.82, 2.24) is 0 Å². The number of aryl methyl sites for hydroxylation is 2. The Balaban J connectivity index is 1.59. The molecule has 0 aliphatic heterocycles. The van der Waals surface area contributed by atoms with E-state index < -0.39 is 0 Å². The highest BCUT2D eigenvalue weighted by atomic mass is 16.5. The maximum absolute atomic E-state index is 5.91. The average Bonchev–Trinajstić information content (AvgIpc) is 2.48. The lowest BCUT2D eigenvalue weighted by Gasteiger charge is -2.32. The molecule has 0 spiro atoms. The van der Waals surface area contributed by atoms with Gasteiger partial charge < -0.3 is 10.1 Å². The van der Waals surface area contributed by atoms with Crippen LogP contribution in [0.1, 0.15) is 57.1 Å². The van der Waals surface area contributed by atoms with E-state index in [-0.39, 0.29) is 0 Å². The van der Waals surface area contributed by atoms with Crippen molar-refractivity contribution >= 4 is 0 Å². The van der Waals surface area contributed by atoms with Crippen LogP contribution in [0.2, 0.25) is 0 Å². The number of hydrogen-bond donors (Lipinski definition) is 1. The van der Waals surface area contributed by atoms with Crippen LogP contribution in [0.3, 0.4) is 0 Å². The highest BCUT2D eigenvalue weighted by molar-refractivity contribution is 5.35. The summed E-state index contributed by atoms with van der Waals surface area (Å²) in [6.07, 6.45) is 6.66. The molecule has 2 N–H and O–H groups in total. The van der Waals surface area contributed by atoms with E-state index in [9.17, 15) is 0 Å². The van der Waals surface area contributed by atoms with Gasteiger partial charge in [0.2, 0.25) is 0 Å². The van der Waals surface area contributed by atoms with Gasteiger partial charge in [-0.15, -0.1) is 0 Å². The second-order valence-corrected chi connectivity index (χ2v) is 7.28. The van der Waals surface area contributed by atoms with Crippen molar-refractivity contribution in [3.8, 4) is 5.75 Å². The Morgan fingerprint density at radius 3 is 2.73 bits per heavy atom. The van der Waals surface area contributed by atoms with Gasteiger partial charge in [-0.25, -0.2) is 0 Å². The molecule has 0 bridgehead atoms. The summed E-state index contributed by atoms with van der Waals surface area (Å²) in [5.74, 6) is 2.83. The van der Waals surface area contributed by atoms with Crippen LogP contribution in [-0.4, -0.2) is 19.2 Å². The van der Waals surface area contributed by atoms with Crippen LogP contribution in [-0.2, 0) is 0 Å². The summed E-state index contributed by atoms with van der Waals surface area (Å²) in [5, 5.41) is 2.59. The number of benzene rings is 1. The molecule has 0 radical (unpaired) electrons. The van der Waals surface area contributed by atoms with Crippen LogP contribution >= 0.6 is 0 Å². The van der Waals surface area contributed by atoms with Gasteiger partial charge in [0.1, 0.15) is 5.75 Å². The van der Waals surface area contributed by atoms with Gasteiger partial charge in [-0.2, -0.15) is 0 Å². The van der Waals surface area contributed by atoms with Gasteiger partial charge in [0.15, 0.2) is 0 Å². The molecule has 1 aromatic rings. The minimum atomic E-state index is 0.842. The molecule has 0 aromatic heterocycles. The van der Waals surface area contributed by atoms with Crippen LogP contribution < -0.4 is 10.1 Å². The maximum atomic E-state index is 5.91. The van der Waals surface area contributed by atoms with Crippen LogP contribution in [0.15, 0.2) is 18.2 Å². The Morgan fingerprint density at radius 2 is 1.95 bits per heavy atom.